The molecule has 10 heteroatoms. The smallest absolute Gasteiger partial charge is 0.246 e. The highest BCUT2D eigenvalue weighted by atomic mass is 127. The number of halogens is 1. The van der Waals surface area contributed by atoms with Gasteiger partial charge in [0.05, 0.1) is 11.9 Å². The van der Waals surface area contributed by atoms with Crippen LogP contribution in [0.5, 0.6) is 0 Å². The number of amides is 1. The standard InChI is InChI=1S/C17H29N7OS.HI/c1-18-16(19-12-17(21(2)3)5-8-26-13-17)23-6-7-24(15(25)11-23)14-9-20-22(4)10-14;/h9-10H,5-8,11-13H2,1-4H3,(H,18,19);1H. The Labute approximate surface area is 182 Å². The Balaban J connectivity index is 0.00000261. The molecule has 27 heavy (non-hydrogen) atoms. The van der Waals surface area contributed by atoms with Crippen LogP contribution in [0.25, 0.3) is 0 Å². The molecule has 3 heterocycles. The van der Waals surface area contributed by atoms with Crippen molar-refractivity contribution in [1.29, 1.82) is 0 Å². The molecule has 3 rings (SSSR count). The second-order valence-electron chi connectivity index (χ2n) is 7.16. The fraction of sp³-hybridized carbons (Fsp3) is 0.706. The third kappa shape index (κ3) is 4.89. The lowest BCUT2D eigenvalue weighted by atomic mass is 9.97. The molecule has 1 N–H and O–H groups in total. The number of nitrogens with one attached hydrogen (secondary N) is 1. The number of aryl methyl sites for hydroxylation is 1. The molecule has 1 amide bonds. The Bertz CT molecular complexity index is 672. The molecular formula is C17H30IN7OS. The van der Waals surface area contributed by atoms with Crippen LogP contribution in [0.1, 0.15) is 6.42 Å². The van der Waals surface area contributed by atoms with E-state index in [2.05, 4.69) is 34.4 Å². The first kappa shape index (κ1) is 22.3. The van der Waals surface area contributed by atoms with Gasteiger partial charge in [-0.15, -0.1) is 24.0 Å². The lowest BCUT2D eigenvalue weighted by molar-refractivity contribution is -0.120. The van der Waals surface area contributed by atoms with Crippen molar-refractivity contribution in [2.45, 2.75) is 12.0 Å². The highest BCUT2D eigenvalue weighted by Gasteiger charge is 2.37. The molecule has 0 spiro atoms. The number of hydrogen-bond acceptors (Lipinski definition) is 5. The van der Waals surface area contributed by atoms with Gasteiger partial charge in [-0.2, -0.15) is 16.9 Å². The summed E-state index contributed by atoms with van der Waals surface area (Å²) in [6.45, 7) is 2.57. The first-order valence-electron chi connectivity index (χ1n) is 8.95. The highest BCUT2D eigenvalue weighted by Crippen LogP contribution is 2.31. The van der Waals surface area contributed by atoms with Crippen molar-refractivity contribution in [2.75, 3.05) is 63.7 Å². The summed E-state index contributed by atoms with van der Waals surface area (Å²) in [6.07, 6.45) is 4.78. The highest BCUT2D eigenvalue weighted by molar-refractivity contribution is 14.0. The minimum Gasteiger partial charge on any atom is -0.354 e. The largest absolute Gasteiger partial charge is 0.354 e. The van der Waals surface area contributed by atoms with Gasteiger partial charge in [0.15, 0.2) is 5.96 Å². The van der Waals surface area contributed by atoms with E-state index in [4.69, 9.17) is 0 Å². The molecule has 1 unspecified atom stereocenters. The zero-order chi connectivity index (χ0) is 18.7. The monoisotopic (exact) mass is 507 g/mol. The maximum Gasteiger partial charge on any atom is 0.246 e. The second kappa shape index (κ2) is 9.46. The number of rotatable bonds is 4. The molecule has 2 saturated heterocycles. The number of thioether (sulfide) groups is 1. The van der Waals surface area contributed by atoms with E-state index in [0.717, 1.165) is 30.5 Å². The van der Waals surface area contributed by atoms with Gasteiger partial charge in [-0.25, -0.2) is 0 Å². The summed E-state index contributed by atoms with van der Waals surface area (Å²) in [4.78, 5) is 23.2. The van der Waals surface area contributed by atoms with Crippen LogP contribution in [-0.2, 0) is 11.8 Å². The number of piperazine rings is 1. The number of aromatic nitrogens is 2. The average molecular weight is 507 g/mol. The lowest BCUT2D eigenvalue weighted by Crippen LogP contribution is -2.59. The summed E-state index contributed by atoms with van der Waals surface area (Å²) in [5.74, 6) is 3.20. The van der Waals surface area contributed by atoms with Gasteiger partial charge in [-0.3, -0.25) is 14.5 Å². The Morgan fingerprint density at radius 1 is 1.44 bits per heavy atom. The molecule has 2 fully saturated rings. The van der Waals surface area contributed by atoms with Gasteiger partial charge < -0.3 is 20.0 Å². The first-order valence-corrected chi connectivity index (χ1v) is 10.1. The third-order valence-corrected chi connectivity index (χ3v) is 6.58. The molecule has 8 nitrogen and oxygen atoms in total. The van der Waals surface area contributed by atoms with E-state index in [1.165, 1.54) is 12.2 Å². The summed E-state index contributed by atoms with van der Waals surface area (Å²) >= 11 is 2.00. The van der Waals surface area contributed by atoms with Gasteiger partial charge >= 0.3 is 0 Å². The lowest BCUT2D eigenvalue weighted by Gasteiger charge is -2.39. The molecule has 0 aromatic carbocycles. The second-order valence-corrected chi connectivity index (χ2v) is 8.27. The predicted octanol–water partition coefficient (Wildman–Crippen LogP) is 0.699. The Morgan fingerprint density at radius 2 is 2.22 bits per heavy atom. The molecular weight excluding hydrogens is 477 g/mol. The van der Waals surface area contributed by atoms with Crippen molar-refractivity contribution < 1.29 is 4.79 Å². The number of nitrogens with zero attached hydrogens (tertiary/aromatic N) is 6. The predicted molar refractivity (Wildman–Crippen MR) is 122 cm³/mol. The number of carbonyl (C=O) groups excluding carboxylic acids is 1. The van der Waals surface area contributed by atoms with E-state index in [1.807, 2.05) is 29.9 Å². The molecule has 1 aromatic rings. The van der Waals surface area contributed by atoms with Crippen molar-refractivity contribution in [3.8, 4) is 0 Å². The Kier molecular flexibility index (Phi) is 7.81. The number of hydrogen-bond donors (Lipinski definition) is 1. The third-order valence-electron chi connectivity index (χ3n) is 5.34. The van der Waals surface area contributed by atoms with Crippen molar-refractivity contribution in [2.24, 2.45) is 12.0 Å². The van der Waals surface area contributed by atoms with Gasteiger partial charge in [-0.1, -0.05) is 0 Å². The Hall–Kier alpha value is -1.01. The van der Waals surface area contributed by atoms with Gasteiger partial charge in [0, 0.05) is 51.2 Å². The molecule has 1 atom stereocenters. The Morgan fingerprint density at radius 3 is 2.74 bits per heavy atom. The van der Waals surface area contributed by atoms with Crippen LogP contribution in [0.2, 0.25) is 0 Å². The summed E-state index contributed by atoms with van der Waals surface area (Å²) in [5, 5.41) is 7.68. The van der Waals surface area contributed by atoms with Gasteiger partial charge in [0.1, 0.15) is 6.54 Å². The first-order chi connectivity index (χ1) is 12.4. The van der Waals surface area contributed by atoms with Crippen LogP contribution < -0.4 is 10.2 Å². The van der Waals surface area contributed by atoms with Crippen LogP contribution in [0.4, 0.5) is 5.69 Å². The summed E-state index contributed by atoms with van der Waals surface area (Å²) in [5.41, 5.74) is 1.01. The van der Waals surface area contributed by atoms with Gasteiger partial charge in [0.2, 0.25) is 5.91 Å². The fourth-order valence-corrected chi connectivity index (χ4v) is 5.05. The minimum atomic E-state index is 0. The maximum absolute atomic E-state index is 12.6. The number of likely N-dealkylation sites (N-methyl/N-ethyl adjacent to an activating group) is 1. The van der Waals surface area contributed by atoms with Gasteiger partial charge in [-0.05, 0) is 26.3 Å². The van der Waals surface area contributed by atoms with Crippen LogP contribution in [0.15, 0.2) is 17.4 Å². The zero-order valence-electron chi connectivity index (χ0n) is 16.5. The van der Waals surface area contributed by atoms with E-state index in [-0.39, 0.29) is 35.4 Å². The van der Waals surface area contributed by atoms with Crippen molar-refractivity contribution in [3.05, 3.63) is 12.4 Å². The van der Waals surface area contributed by atoms with E-state index < -0.39 is 0 Å². The van der Waals surface area contributed by atoms with Crippen LogP contribution in [0, 0.1) is 0 Å². The van der Waals surface area contributed by atoms with Crippen molar-refractivity contribution >= 4 is 53.3 Å². The van der Waals surface area contributed by atoms with Gasteiger partial charge in [0.25, 0.3) is 0 Å². The molecule has 152 valence electrons. The van der Waals surface area contributed by atoms with Crippen LogP contribution >= 0.6 is 35.7 Å². The maximum atomic E-state index is 12.6. The minimum absolute atomic E-state index is 0. The zero-order valence-corrected chi connectivity index (χ0v) is 19.7. The average Bonchev–Trinajstić information content (AvgIpc) is 3.25. The molecule has 0 aliphatic carbocycles. The summed E-state index contributed by atoms with van der Waals surface area (Å²) in [6, 6.07) is 0. The van der Waals surface area contributed by atoms with E-state index in [1.54, 1.807) is 22.8 Å². The van der Waals surface area contributed by atoms with Crippen molar-refractivity contribution in [1.82, 2.24) is 24.9 Å². The van der Waals surface area contributed by atoms with E-state index >= 15 is 0 Å². The summed E-state index contributed by atoms with van der Waals surface area (Å²) < 4.78 is 1.72. The molecule has 2 aliphatic heterocycles. The number of aliphatic imine (C=N–C) groups is 1. The molecule has 0 saturated carbocycles. The normalized spacial score (nSPS) is 23.7. The van der Waals surface area contributed by atoms with Crippen LogP contribution in [-0.4, -0.2) is 95.8 Å². The molecule has 2 aliphatic rings. The molecule has 0 radical (unpaired) electrons. The number of anilines is 1. The van der Waals surface area contributed by atoms with Crippen LogP contribution in [0.3, 0.4) is 0 Å². The number of guanidine groups is 1. The topological polar surface area (TPSA) is 69.0 Å². The molecule has 0 bridgehead atoms. The molecule has 1 aromatic heterocycles. The SMILES string of the molecule is CN=C(NCC1(N(C)C)CCSC1)N1CCN(c2cnn(C)c2)C(=O)C1.I. The van der Waals surface area contributed by atoms with E-state index in [9.17, 15) is 4.79 Å². The number of carbonyl (C=O) groups is 1. The van der Waals surface area contributed by atoms with Crippen molar-refractivity contribution in [3.63, 3.8) is 0 Å². The quantitative estimate of drug-likeness (QED) is 0.368. The van der Waals surface area contributed by atoms with E-state index in [0.29, 0.717) is 13.1 Å². The fourth-order valence-electron chi connectivity index (χ4n) is 3.50. The summed E-state index contributed by atoms with van der Waals surface area (Å²) in [7, 11) is 7.93.